The normalized spacial score (nSPS) is 20.4. The lowest BCUT2D eigenvalue weighted by molar-refractivity contribution is 0.672. The average molecular weight is 645 g/mol. The van der Waals surface area contributed by atoms with Crippen LogP contribution in [0.1, 0.15) is 42.5 Å². The molecular weight excluding hydrogens is 583 g/mol. The summed E-state index contributed by atoms with van der Waals surface area (Å²) in [5.41, 5.74) is -10.3. The molecule has 1 aromatic heterocycles. The van der Waals surface area contributed by atoms with E-state index in [1.807, 2.05) is 0 Å². The molecule has 1 heterocycles. The van der Waals surface area contributed by atoms with Crippen LogP contribution in [0.5, 0.6) is 0 Å². The van der Waals surface area contributed by atoms with Crippen LogP contribution >= 0.6 is 0 Å². The smallest absolute Gasteiger partial charge is 0.143 e. The van der Waals surface area contributed by atoms with Crippen LogP contribution in [0.15, 0.2) is 192 Å². The van der Waals surface area contributed by atoms with Crippen LogP contribution in [-0.4, -0.2) is 0 Å². The third kappa shape index (κ3) is 4.92. The standard InChI is InChI=1S/C46H31NO/c1-4-13-32(14-5-1)35-23-26-38(27-24-35)47(39-20-12-19-36(29-39)33-15-6-2-7-16-33)44-31-43-42-30-37(34-17-8-3-9-18-34)25-28-45(42)48-46(43)41-22-11-10-21-40(41)44/h1-31H/i1D,2D,3D,4D,5D,6D,7D,8D,9D,10D,11D,12D,13D,14D,15D,16D,17D,18D,19D,20D,21D,22D,23D,24D,25D,26D,27D,28D,29D,30D,31D. The van der Waals surface area contributed by atoms with Crippen molar-refractivity contribution in [3.63, 3.8) is 0 Å². The van der Waals surface area contributed by atoms with Crippen LogP contribution in [-0.2, 0) is 0 Å². The van der Waals surface area contributed by atoms with Crippen molar-refractivity contribution in [3.8, 4) is 33.4 Å². The molecule has 9 rings (SSSR count). The van der Waals surface area contributed by atoms with Gasteiger partial charge >= 0.3 is 0 Å². The van der Waals surface area contributed by atoms with Gasteiger partial charge in [0.1, 0.15) is 11.2 Å². The molecule has 48 heavy (non-hydrogen) atoms. The first-order valence-corrected chi connectivity index (χ1v) is 13.8. The van der Waals surface area contributed by atoms with Crippen molar-refractivity contribution in [2.24, 2.45) is 0 Å². The van der Waals surface area contributed by atoms with Crippen molar-refractivity contribution in [2.75, 3.05) is 4.90 Å². The molecule has 2 heteroatoms. The zero-order valence-electron chi connectivity index (χ0n) is 54.9. The lowest BCUT2D eigenvalue weighted by atomic mass is 9.99. The molecule has 226 valence electrons. The van der Waals surface area contributed by atoms with E-state index in [9.17, 15) is 13.7 Å². The number of anilines is 3. The summed E-state index contributed by atoms with van der Waals surface area (Å²) in [7, 11) is 0. The number of benzene rings is 8. The first kappa shape index (κ1) is 10.6. The van der Waals surface area contributed by atoms with E-state index in [0.717, 1.165) is 0 Å². The molecule has 9 aromatic rings. The SMILES string of the molecule is [2H]c1c([2H])c([2H])c(-c2c([2H])c([2H])c(N(c3c([2H])c([2H])c([2H])c(-c4c([2H])c([2H])c([2H])c([2H])c4[2H])c3[2H])c3c([2H])c4c(oc5c([2H])c([2H])c(-c6c([2H])c([2H])c([2H])c([2H])c6[2H])c([2H])c54)c4c([2H])c([2H])c([2H])c([2H])c34)c([2H])c2[2H])c([2H])c1[2H]. The molecular formula is C46H31NO. The number of fused-ring (bicyclic) bond motifs is 5. The van der Waals surface area contributed by atoms with Crippen LogP contribution in [0.3, 0.4) is 0 Å². The number of furan rings is 1. The van der Waals surface area contributed by atoms with Crippen molar-refractivity contribution in [2.45, 2.75) is 0 Å². The van der Waals surface area contributed by atoms with Crippen LogP contribution in [0, 0.1) is 0 Å². The monoisotopic (exact) mass is 644 g/mol. The number of hydrogen-bond acceptors (Lipinski definition) is 2. The van der Waals surface area contributed by atoms with Crippen molar-refractivity contribution in [3.05, 3.63) is 187 Å². The Morgan fingerprint density at radius 1 is 0.354 bits per heavy atom. The number of hydrogen-bond donors (Lipinski definition) is 0. The van der Waals surface area contributed by atoms with E-state index < -0.39 is 270 Å². The van der Waals surface area contributed by atoms with Gasteiger partial charge in [-0.3, -0.25) is 0 Å². The van der Waals surface area contributed by atoms with Gasteiger partial charge < -0.3 is 9.32 Å². The second-order valence-corrected chi connectivity index (χ2v) is 9.77. The highest BCUT2D eigenvalue weighted by Gasteiger charge is 2.21. The van der Waals surface area contributed by atoms with E-state index in [1.165, 1.54) is 0 Å². The van der Waals surface area contributed by atoms with E-state index >= 15 is 0 Å². The predicted octanol–water partition coefficient (Wildman–Crippen LogP) is 13.2. The second kappa shape index (κ2) is 11.8. The number of rotatable bonds is 6. The summed E-state index contributed by atoms with van der Waals surface area (Å²) in [6.45, 7) is 0. The molecule has 0 aliphatic heterocycles. The maximum absolute atomic E-state index is 10.2. The average Bonchev–Trinajstić information content (AvgIpc) is 3.48. The topological polar surface area (TPSA) is 16.4 Å². The summed E-state index contributed by atoms with van der Waals surface area (Å²) in [6.07, 6.45) is 0. The highest BCUT2D eigenvalue weighted by atomic mass is 16.3. The Balaban J connectivity index is 1.60. The van der Waals surface area contributed by atoms with Gasteiger partial charge in [-0.05, 0) is 75.7 Å². The first-order valence-electron chi connectivity index (χ1n) is 29.3. The Morgan fingerprint density at radius 3 is 1.54 bits per heavy atom. The van der Waals surface area contributed by atoms with Gasteiger partial charge in [-0.1, -0.05) is 145 Å². The quantitative estimate of drug-likeness (QED) is 0.179. The molecule has 0 radical (unpaired) electrons. The van der Waals surface area contributed by atoms with Crippen LogP contribution < -0.4 is 4.90 Å². The van der Waals surface area contributed by atoms with Gasteiger partial charge in [-0.25, -0.2) is 0 Å². The van der Waals surface area contributed by atoms with Gasteiger partial charge in [0.15, 0.2) is 0 Å². The number of nitrogens with zero attached hydrogens (tertiary/aromatic N) is 1. The van der Waals surface area contributed by atoms with Crippen molar-refractivity contribution < 1.29 is 46.9 Å². The highest BCUT2D eigenvalue weighted by Crippen LogP contribution is 2.45. The van der Waals surface area contributed by atoms with Gasteiger partial charge in [-0.15, -0.1) is 0 Å². The minimum Gasteiger partial charge on any atom is -0.455 e. The van der Waals surface area contributed by atoms with Crippen LogP contribution in [0.25, 0.3) is 66.1 Å². The molecule has 8 aromatic carbocycles. The highest BCUT2D eigenvalue weighted by molar-refractivity contribution is 6.20. The lowest BCUT2D eigenvalue weighted by Crippen LogP contribution is -2.10. The molecule has 0 aliphatic carbocycles. The van der Waals surface area contributed by atoms with E-state index in [1.54, 1.807) is 0 Å². The zero-order valence-corrected chi connectivity index (χ0v) is 23.9. The third-order valence-corrected chi connectivity index (χ3v) is 7.00. The van der Waals surface area contributed by atoms with Crippen molar-refractivity contribution in [1.82, 2.24) is 0 Å². The van der Waals surface area contributed by atoms with Gasteiger partial charge in [-0.2, -0.15) is 0 Å². The molecule has 0 saturated heterocycles. The third-order valence-electron chi connectivity index (χ3n) is 7.00. The molecule has 2 nitrogen and oxygen atoms in total. The largest absolute Gasteiger partial charge is 0.455 e. The Morgan fingerprint density at radius 2 is 0.875 bits per heavy atom. The fourth-order valence-electron chi connectivity index (χ4n) is 4.92. The molecule has 0 bridgehead atoms. The predicted molar refractivity (Wildman–Crippen MR) is 202 cm³/mol. The molecule has 0 amide bonds. The Kier molecular flexibility index (Phi) is 2.59. The van der Waals surface area contributed by atoms with E-state index in [2.05, 4.69) is 0 Å². The van der Waals surface area contributed by atoms with E-state index in [0.29, 0.717) is 4.90 Å². The summed E-state index contributed by atoms with van der Waals surface area (Å²) in [4.78, 5) is 0.359. The summed E-state index contributed by atoms with van der Waals surface area (Å²) < 4.78 is 283. The fourth-order valence-corrected chi connectivity index (χ4v) is 4.92. The molecule has 0 spiro atoms. The fraction of sp³-hybridized carbons (Fsp3) is 0. The first-order chi connectivity index (χ1) is 36.7. The minimum absolute atomic E-state index is 0.359. The second-order valence-electron chi connectivity index (χ2n) is 9.77. The molecule has 0 fully saturated rings. The Labute approximate surface area is 323 Å². The minimum atomic E-state index is -1.31. The van der Waals surface area contributed by atoms with Crippen molar-refractivity contribution >= 4 is 49.8 Å². The van der Waals surface area contributed by atoms with Gasteiger partial charge in [0.25, 0.3) is 0 Å². The molecule has 0 N–H and O–H groups in total. The summed E-state index contributed by atoms with van der Waals surface area (Å²) in [5, 5.41) is -3.15. The van der Waals surface area contributed by atoms with Gasteiger partial charge in [0, 0.05) is 32.9 Å². The summed E-state index contributed by atoms with van der Waals surface area (Å²) >= 11 is 0. The van der Waals surface area contributed by atoms with Crippen molar-refractivity contribution in [1.29, 1.82) is 0 Å². The van der Waals surface area contributed by atoms with Crippen LogP contribution in [0.4, 0.5) is 17.1 Å². The molecule has 0 saturated carbocycles. The molecule has 0 aliphatic rings. The van der Waals surface area contributed by atoms with E-state index in [4.69, 9.17) is 33.2 Å². The zero-order chi connectivity index (χ0) is 58.8. The molecule has 0 atom stereocenters. The maximum atomic E-state index is 10.2. The summed E-state index contributed by atoms with van der Waals surface area (Å²) in [6, 6.07) is -32.8. The summed E-state index contributed by atoms with van der Waals surface area (Å²) in [5.74, 6) is 0. The Bertz CT molecular complexity index is 4220. The maximum Gasteiger partial charge on any atom is 0.143 e. The Hall–Kier alpha value is -6.38. The van der Waals surface area contributed by atoms with Gasteiger partial charge in [0.2, 0.25) is 0 Å². The van der Waals surface area contributed by atoms with Crippen LogP contribution in [0.2, 0.25) is 0 Å². The van der Waals surface area contributed by atoms with Gasteiger partial charge in [0.05, 0.1) is 48.2 Å². The lowest BCUT2D eigenvalue weighted by Gasteiger charge is -2.28. The molecule has 0 unspecified atom stereocenters. The van der Waals surface area contributed by atoms with E-state index in [-0.39, 0.29) is 0 Å².